The van der Waals surface area contributed by atoms with E-state index in [2.05, 4.69) is 42.6 Å². The highest BCUT2D eigenvalue weighted by atomic mass is 14.9. The van der Waals surface area contributed by atoms with E-state index in [4.69, 9.17) is 0 Å². The van der Waals surface area contributed by atoms with E-state index in [1.165, 1.54) is 57.9 Å². The summed E-state index contributed by atoms with van der Waals surface area (Å²) in [5, 5.41) is 3.96. The molecule has 0 spiro atoms. The molecule has 0 heterocycles. The van der Waals surface area contributed by atoms with Crippen LogP contribution in [0.15, 0.2) is 30.3 Å². The SMILES string of the molecule is CCCC1(CNC2CCCCC2c2ccccc2)CC1. The summed E-state index contributed by atoms with van der Waals surface area (Å²) in [4.78, 5) is 0. The average Bonchev–Trinajstić information content (AvgIpc) is 3.27. The van der Waals surface area contributed by atoms with Gasteiger partial charge in [0, 0.05) is 12.6 Å². The Balaban J connectivity index is 1.61. The van der Waals surface area contributed by atoms with Gasteiger partial charge in [-0.1, -0.05) is 56.5 Å². The largest absolute Gasteiger partial charge is 0.313 e. The Bertz CT molecular complexity index is 407. The second kappa shape index (κ2) is 6.30. The summed E-state index contributed by atoms with van der Waals surface area (Å²) in [6.07, 6.45) is 11.2. The lowest BCUT2D eigenvalue weighted by atomic mass is 9.79. The Kier molecular flexibility index (Phi) is 4.45. The molecule has 1 nitrogen and oxygen atoms in total. The smallest absolute Gasteiger partial charge is 0.0136 e. The van der Waals surface area contributed by atoms with Crippen LogP contribution in [-0.4, -0.2) is 12.6 Å². The standard InChI is InChI=1S/C19H29N/c1-2-12-19(13-14-19)15-20-18-11-7-6-10-17(18)16-8-4-3-5-9-16/h3-5,8-9,17-18,20H,2,6-7,10-15H2,1H3. The monoisotopic (exact) mass is 271 g/mol. The third-order valence-corrected chi connectivity index (χ3v) is 5.47. The minimum atomic E-state index is 0.674. The molecule has 2 aliphatic rings. The molecule has 0 saturated heterocycles. The normalized spacial score (nSPS) is 28.2. The molecule has 0 amide bonds. The summed E-state index contributed by atoms with van der Waals surface area (Å²) in [5.74, 6) is 0.738. The molecule has 1 aromatic carbocycles. The Hall–Kier alpha value is -0.820. The van der Waals surface area contributed by atoms with Crippen LogP contribution in [0.2, 0.25) is 0 Å². The third-order valence-electron chi connectivity index (χ3n) is 5.47. The molecule has 2 aliphatic carbocycles. The summed E-state index contributed by atoms with van der Waals surface area (Å²) in [7, 11) is 0. The van der Waals surface area contributed by atoms with Crippen molar-refractivity contribution in [2.45, 2.75) is 70.3 Å². The molecule has 1 N–H and O–H groups in total. The maximum atomic E-state index is 3.96. The first kappa shape index (κ1) is 14.1. The Morgan fingerprint density at radius 1 is 1.10 bits per heavy atom. The minimum Gasteiger partial charge on any atom is -0.313 e. The van der Waals surface area contributed by atoms with E-state index in [1.54, 1.807) is 5.56 Å². The predicted octanol–water partition coefficient (Wildman–Crippen LogP) is 4.88. The fraction of sp³-hybridized carbons (Fsp3) is 0.684. The minimum absolute atomic E-state index is 0.674. The number of hydrogen-bond acceptors (Lipinski definition) is 1. The van der Waals surface area contributed by atoms with Crippen molar-refractivity contribution >= 4 is 0 Å². The van der Waals surface area contributed by atoms with Crippen LogP contribution in [0.4, 0.5) is 0 Å². The fourth-order valence-corrected chi connectivity index (χ4v) is 4.04. The van der Waals surface area contributed by atoms with Crippen LogP contribution >= 0.6 is 0 Å². The van der Waals surface area contributed by atoms with E-state index in [0.29, 0.717) is 11.5 Å². The van der Waals surface area contributed by atoms with Crippen LogP contribution in [0.1, 0.15) is 69.8 Å². The van der Waals surface area contributed by atoms with Gasteiger partial charge in [0.1, 0.15) is 0 Å². The second-order valence-electron chi connectivity index (χ2n) is 7.04. The van der Waals surface area contributed by atoms with Gasteiger partial charge in [0.2, 0.25) is 0 Å². The first-order valence-electron chi connectivity index (χ1n) is 8.61. The van der Waals surface area contributed by atoms with E-state index in [1.807, 2.05) is 0 Å². The molecular formula is C19H29N. The maximum Gasteiger partial charge on any atom is 0.0136 e. The number of rotatable bonds is 6. The van der Waals surface area contributed by atoms with Crippen molar-refractivity contribution in [1.29, 1.82) is 0 Å². The highest BCUT2D eigenvalue weighted by molar-refractivity contribution is 5.22. The van der Waals surface area contributed by atoms with Gasteiger partial charge in [-0.15, -0.1) is 0 Å². The van der Waals surface area contributed by atoms with E-state index in [9.17, 15) is 0 Å². The van der Waals surface area contributed by atoms with Crippen molar-refractivity contribution in [3.8, 4) is 0 Å². The molecule has 3 rings (SSSR count). The molecule has 110 valence electrons. The molecule has 20 heavy (non-hydrogen) atoms. The fourth-order valence-electron chi connectivity index (χ4n) is 4.04. The predicted molar refractivity (Wildman–Crippen MR) is 86.0 cm³/mol. The van der Waals surface area contributed by atoms with E-state index in [-0.39, 0.29) is 0 Å². The Morgan fingerprint density at radius 3 is 2.55 bits per heavy atom. The number of nitrogens with one attached hydrogen (secondary N) is 1. The molecule has 0 radical (unpaired) electrons. The summed E-state index contributed by atoms with van der Waals surface area (Å²) < 4.78 is 0. The second-order valence-corrected chi connectivity index (χ2v) is 7.04. The topological polar surface area (TPSA) is 12.0 Å². The van der Waals surface area contributed by atoms with Crippen molar-refractivity contribution < 1.29 is 0 Å². The molecule has 2 fully saturated rings. The summed E-state index contributed by atoms with van der Waals surface area (Å²) >= 11 is 0. The van der Waals surface area contributed by atoms with E-state index >= 15 is 0 Å². The Labute approximate surface area is 124 Å². The molecule has 1 aromatic rings. The van der Waals surface area contributed by atoms with E-state index < -0.39 is 0 Å². The zero-order chi connectivity index (χ0) is 13.8. The zero-order valence-electron chi connectivity index (χ0n) is 12.9. The van der Waals surface area contributed by atoms with Crippen molar-refractivity contribution in [3.63, 3.8) is 0 Å². The van der Waals surface area contributed by atoms with Crippen molar-refractivity contribution in [2.75, 3.05) is 6.54 Å². The molecule has 0 aliphatic heterocycles. The van der Waals surface area contributed by atoms with Crippen molar-refractivity contribution in [1.82, 2.24) is 5.32 Å². The summed E-state index contributed by atoms with van der Waals surface area (Å²) in [6.45, 7) is 3.59. The summed E-state index contributed by atoms with van der Waals surface area (Å²) in [6, 6.07) is 11.9. The average molecular weight is 271 g/mol. The van der Waals surface area contributed by atoms with Gasteiger partial charge in [0.15, 0.2) is 0 Å². The lowest BCUT2D eigenvalue weighted by Gasteiger charge is -2.34. The molecule has 2 saturated carbocycles. The first-order chi connectivity index (χ1) is 9.83. The van der Waals surface area contributed by atoms with Gasteiger partial charge < -0.3 is 5.32 Å². The maximum absolute atomic E-state index is 3.96. The van der Waals surface area contributed by atoms with Crippen LogP contribution in [0.5, 0.6) is 0 Å². The lowest BCUT2D eigenvalue weighted by molar-refractivity contribution is 0.296. The third kappa shape index (κ3) is 3.25. The van der Waals surface area contributed by atoms with Crippen LogP contribution in [0, 0.1) is 5.41 Å². The van der Waals surface area contributed by atoms with Gasteiger partial charge in [0.25, 0.3) is 0 Å². The molecular weight excluding hydrogens is 242 g/mol. The van der Waals surface area contributed by atoms with Gasteiger partial charge in [-0.3, -0.25) is 0 Å². The summed E-state index contributed by atoms with van der Waals surface area (Å²) in [5.41, 5.74) is 2.22. The van der Waals surface area contributed by atoms with Crippen LogP contribution < -0.4 is 5.32 Å². The quantitative estimate of drug-likeness (QED) is 0.777. The first-order valence-corrected chi connectivity index (χ1v) is 8.61. The van der Waals surface area contributed by atoms with Gasteiger partial charge in [0.05, 0.1) is 0 Å². The Morgan fingerprint density at radius 2 is 1.85 bits per heavy atom. The van der Waals surface area contributed by atoms with Gasteiger partial charge >= 0.3 is 0 Å². The molecule has 2 atom stereocenters. The molecule has 1 heteroatoms. The highest BCUT2D eigenvalue weighted by Gasteiger charge is 2.42. The highest BCUT2D eigenvalue weighted by Crippen LogP contribution is 2.49. The van der Waals surface area contributed by atoms with Crippen LogP contribution in [0.25, 0.3) is 0 Å². The zero-order valence-corrected chi connectivity index (χ0v) is 12.9. The molecule has 0 bridgehead atoms. The van der Waals surface area contributed by atoms with Gasteiger partial charge in [-0.05, 0) is 49.0 Å². The lowest BCUT2D eigenvalue weighted by Crippen LogP contribution is -2.40. The molecule has 2 unspecified atom stereocenters. The van der Waals surface area contributed by atoms with Crippen molar-refractivity contribution in [2.24, 2.45) is 5.41 Å². The van der Waals surface area contributed by atoms with Gasteiger partial charge in [-0.2, -0.15) is 0 Å². The van der Waals surface area contributed by atoms with Gasteiger partial charge in [-0.25, -0.2) is 0 Å². The van der Waals surface area contributed by atoms with Crippen molar-refractivity contribution in [3.05, 3.63) is 35.9 Å². The van der Waals surface area contributed by atoms with E-state index in [0.717, 1.165) is 5.92 Å². The number of hydrogen-bond donors (Lipinski definition) is 1. The molecule has 0 aromatic heterocycles. The number of benzene rings is 1. The van der Waals surface area contributed by atoms with Crippen LogP contribution in [-0.2, 0) is 0 Å². The van der Waals surface area contributed by atoms with Crippen LogP contribution in [0.3, 0.4) is 0 Å².